The van der Waals surface area contributed by atoms with Crippen molar-refractivity contribution in [3.63, 3.8) is 0 Å². The fourth-order valence-electron chi connectivity index (χ4n) is 2.98. The van der Waals surface area contributed by atoms with Crippen LogP contribution in [0.15, 0.2) is 0 Å². The lowest BCUT2D eigenvalue weighted by atomic mass is 10.2. The van der Waals surface area contributed by atoms with Gasteiger partial charge in [-0.25, -0.2) is 0 Å². The van der Waals surface area contributed by atoms with E-state index in [9.17, 15) is 0 Å². The molecule has 2 aliphatic heterocycles. The Morgan fingerprint density at radius 1 is 1.18 bits per heavy atom. The molecule has 2 rings (SSSR count). The monoisotopic (exact) mass is 240 g/mol. The van der Waals surface area contributed by atoms with Crippen LogP contribution in [0.2, 0.25) is 0 Å². The molecule has 2 heterocycles. The van der Waals surface area contributed by atoms with Crippen molar-refractivity contribution >= 4 is 0 Å². The molecular weight excluding hydrogens is 212 g/mol. The fraction of sp³-hybridized carbons (Fsp3) is 1.00. The van der Waals surface area contributed by atoms with E-state index >= 15 is 0 Å². The first kappa shape index (κ1) is 13.3. The van der Waals surface area contributed by atoms with Gasteiger partial charge in [0.05, 0.1) is 12.3 Å². The molecule has 2 fully saturated rings. The van der Waals surface area contributed by atoms with Crippen molar-refractivity contribution in [1.82, 2.24) is 9.80 Å². The summed E-state index contributed by atoms with van der Waals surface area (Å²) in [6.45, 7) is 13.3. The van der Waals surface area contributed by atoms with Gasteiger partial charge in [0, 0.05) is 25.2 Å². The molecule has 3 heteroatoms. The van der Waals surface area contributed by atoms with E-state index in [0.717, 1.165) is 18.8 Å². The molecule has 0 aromatic heterocycles. The van der Waals surface area contributed by atoms with Crippen molar-refractivity contribution in [3.8, 4) is 0 Å². The molecule has 0 unspecified atom stereocenters. The van der Waals surface area contributed by atoms with Crippen LogP contribution in [0.3, 0.4) is 0 Å². The van der Waals surface area contributed by atoms with Crippen LogP contribution >= 0.6 is 0 Å². The van der Waals surface area contributed by atoms with E-state index in [1.807, 2.05) is 0 Å². The van der Waals surface area contributed by atoms with Gasteiger partial charge in [-0.2, -0.15) is 0 Å². The van der Waals surface area contributed by atoms with Crippen LogP contribution in [0, 0.1) is 0 Å². The van der Waals surface area contributed by atoms with Crippen molar-refractivity contribution in [3.05, 3.63) is 0 Å². The van der Waals surface area contributed by atoms with E-state index in [0.29, 0.717) is 0 Å². The van der Waals surface area contributed by atoms with Crippen LogP contribution in [-0.2, 0) is 4.74 Å². The number of hydrogen-bond acceptors (Lipinski definition) is 3. The van der Waals surface area contributed by atoms with Crippen LogP contribution in [-0.4, -0.2) is 53.8 Å². The minimum Gasteiger partial charge on any atom is -0.360 e. The standard InChI is InChI=1S/C14H28N2O/c1-12-6-5-8-16(12)13-7-9-15(10-13)11-17-14(2,3)4/h12-13H,5-11H2,1-4H3/t12-,13-/m0/s1. The molecule has 3 nitrogen and oxygen atoms in total. The summed E-state index contributed by atoms with van der Waals surface area (Å²) < 4.78 is 5.86. The molecule has 0 aromatic rings. The lowest BCUT2D eigenvalue weighted by Gasteiger charge is -2.29. The first-order chi connectivity index (χ1) is 7.96. The molecule has 0 spiro atoms. The van der Waals surface area contributed by atoms with Gasteiger partial charge in [-0.05, 0) is 53.5 Å². The van der Waals surface area contributed by atoms with Gasteiger partial charge >= 0.3 is 0 Å². The maximum absolute atomic E-state index is 5.86. The normalized spacial score (nSPS) is 32.5. The van der Waals surface area contributed by atoms with Gasteiger partial charge in [0.1, 0.15) is 0 Å². The average Bonchev–Trinajstić information content (AvgIpc) is 2.81. The predicted molar refractivity (Wildman–Crippen MR) is 71.1 cm³/mol. The second-order valence-electron chi connectivity index (χ2n) is 6.63. The number of rotatable bonds is 3. The molecule has 0 aromatic carbocycles. The van der Waals surface area contributed by atoms with Crippen molar-refractivity contribution in [2.45, 2.75) is 64.6 Å². The summed E-state index contributed by atoms with van der Waals surface area (Å²) in [7, 11) is 0. The first-order valence-electron chi connectivity index (χ1n) is 7.08. The molecular formula is C14H28N2O. The Labute approximate surface area is 106 Å². The highest BCUT2D eigenvalue weighted by Gasteiger charge is 2.33. The highest BCUT2D eigenvalue weighted by Crippen LogP contribution is 2.25. The Kier molecular flexibility index (Phi) is 4.11. The molecule has 0 radical (unpaired) electrons. The molecule has 0 N–H and O–H groups in total. The minimum absolute atomic E-state index is 0.0149. The Morgan fingerprint density at radius 3 is 2.53 bits per heavy atom. The third-order valence-corrected chi connectivity index (χ3v) is 4.00. The van der Waals surface area contributed by atoms with Gasteiger partial charge in [-0.15, -0.1) is 0 Å². The lowest BCUT2D eigenvalue weighted by molar-refractivity contribution is -0.0583. The summed E-state index contributed by atoms with van der Waals surface area (Å²) in [4.78, 5) is 5.16. The number of hydrogen-bond donors (Lipinski definition) is 0. The molecule has 0 amide bonds. The molecule has 0 aliphatic carbocycles. The Hall–Kier alpha value is -0.120. The molecule has 2 aliphatic rings. The van der Waals surface area contributed by atoms with Gasteiger partial charge < -0.3 is 4.74 Å². The van der Waals surface area contributed by atoms with Crippen LogP contribution in [0.25, 0.3) is 0 Å². The third-order valence-electron chi connectivity index (χ3n) is 4.00. The maximum Gasteiger partial charge on any atom is 0.0997 e. The molecule has 2 saturated heterocycles. The zero-order valence-corrected chi connectivity index (χ0v) is 11.9. The SMILES string of the molecule is C[C@H]1CCCN1[C@H]1CCN(COC(C)(C)C)C1. The van der Waals surface area contributed by atoms with E-state index in [2.05, 4.69) is 37.5 Å². The topological polar surface area (TPSA) is 15.7 Å². The summed E-state index contributed by atoms with van der Waals surface area (Å²) in [5.74, 6) is 0. The second-order valence-corrected chi connectivity index (χ2v) is 6.63. The van der Waals surface area contributed by atoms with E-state index in [4.69, 9.17) is 4.74 Å². The summed E-state index contributed by atoms with van der Waals surface area (Å²) in [5, 5.41) is 0. The van der Waals surface area contributed by atoms with E-state index < -0.39 is 0 Å². The highest BCUT2D eigenvalue weighted by atomic mass is 16.5. The fourth-order valence-corrected chi connectivity index (χ4v) is 2.98. The van der Waals surface area contributed by atoms with Gasteiger partial charge in [0.15, 0.2) is 0 Å². The number of likely N-dealkylation sites (tertiary alicyclic amines) is 2. The van der Waals surface area contributed by atoms with Gasteiger partial charge in [0.2, 0.25) is 0 Å². The van der Waals surface area contributed by atoms with Gasteiger partial charge in [-0.3, -0.25) is 9.80 Å². The van der Waals surface area contributed by atoms with Crippen LogP contribution in [0.1, 0.15) is 47.0 Å². The third kappa shape index (κ3) is 3.67. The van der Waals surface area contributed by atoms with E-state index in [-0.39, 0.29) is 5.60 Å². The number of ether oxygens (including phenoxy) is 1. The summed E-state index contributed by atoms with van der Waals surface area (Å²) >= 11 is 0. The average molecular weight is 240 g/mol. The van der Waals surface area contributed by atoms with Crippen molar-refractivity contribution in [2.24, 2.45) is 0 Å². The van der Waals surface area contributed by atoms with E-state index in [1.54, 1.807) is 0 Å². The van der Waals surface area contributed by atoms with Crippen LogP contribution < -0.4 is 0 Å². The molecule has 100 valence electrons. The van der Waals surface area contributed by atoms with E-state index in [1.165, 1.54) is 38.9 Å². The molecule has 17 heavy (non-hydrogen) atoms. The first-order valence-corrected chi connectivity index (χ1v) is 7.08. The van der Waals surface area contributed by atoms with Gasteiger partial charge in [0.25, 0.3) is 0 Å². The zero-order valence-electron chi connectivity index (χ0n) is 11.9. The number of nitrogens with zero attached hydrogens (tertiary/aromatic N) is 2. The van der Waals surface area contributed by atoms with Gasteiger partial charge in [-0.1, -0.05) is 0 Å². The molecule has 0 saturated carbocycles. The van der Waals surface area contributed by atoms with Crippen LogP contribution in [0.5, 0.6) is 0 Å². The predicted octanol–water partition coefficient (Wildman–Crippen LogP) is 2.32. The Balaban J connectivity index is 1.75. The minimum atomic E-state index is -0.0149. The Bertz CT molecular complexity index is 249. The van der Waals surface area contributed by atoms with Crippen molar-refractivity contribution in [2.75, 3.05) is 26.4 Å². The lowest BCUT2D eigenvalue weighted by Crippen LogP contribution is -2.40. The highest BCUT2D eigenvalue weighted by molar-refractivity contribution is 4.88. The zero-order chi connectivity index (χ0) is 12.5. The smallest absolute Gasteiger partial charge is 0.0997 e. The summed E-state index contributed by atoms with van der Waals surface area (Å²) in [6, 6.07) is 1.57. The Morgan fingerprint density at radius 2 is 1.94 bits per heavy atom. The van der Waals surface area contributed by atoms with Crippen LogP contribution in [0.4, 0.5) is 0 Å². The molecule has 0 bridgehead atoms. The maximum atomic E-state index is 5.86. The summed E-state index contributed by atoms with van der Waals surface area (Å²) in [6.07, 6.45) is 4.09. The van der Waals surface area contributed by atoms with Crippen molar-refractivity contribution in [1.29, 1.82) is 0 Å². The molecule has 2 atom stereocenters. The largest absolute Gasteiger partial charge is 0.360 e. The second kappa shape index (κ2) is 5.25. The summed E-state index contributed by atoms with van der Waals surface area (Å²) in [5.41, 5.74) is -0.0149. The quantitative estimate of drug-likeness (QED) is 0.753. The van der Waals surface area contributed by atoms with Crippen molar-refractivity contribution < 1.29 is 4.74 Å².